The van der Waals surface area contributed by atoms with Crippen molar-refractivity contribution >= 4 is 22.6 Å². The van der Waals surface area contributed by atoms with Crippen LogP contribution in [0, 0.1) is 20.8 Å². The van der Waals surface area contributed by atoms with E-state index >= 15 is 0 Å². The van der Waals surface area contributed by atoms with Crippen LogP contribution in [0.1, 0.15) is 23.4 Å². The lowest BCUT2D eigenvalue weighted by Crippen LogP contribution is -2.26. The van der Waals surface area contributed by atoms with Gasteiger partial charge < -0.3 is 5.32 Å². The average molecular weight is 401 g/mol. The van der Waals surface area contributed by atoms with Gasteiger partial charge in [0.2, 0.25) is 5.91 Å². The Morgan fingerprint density at radius 3 is 2.53 bits per heavy atom. The molecular weight excluding hydrogens is 378 g/mol. The van der Waals surface area contributed by atoms with Crippen molar-refractivity contribution in [3.05, 3.63) is 82.0 Å². The summed E-state index contributed by atoms with van der Waals surface area (Å²) in [6.45, 7) is 6.00. The van der Waals surface area contributed by atoms with Crippen LogP contribution < -0.4 is 10.9 Å². The molecule has 1 amide bonds. The van der Waals surface area contributed by atoms with E-state index in [0.29, 0.717) is 16.9 Å². The number of carbonyl (C=O) groups is 1. The Labute approximate surface area is 174 Å². The number of aromatic nitrogens is 4. The summed E-state index contributed by atoms with van der Waals surface area (Å²) in [5.41, 5.74) is 4.13. The number of carbonyl (C=O) groups excluding carboxylic acids is 1. The van der Waals surface area contributed by atoms with Gasteiger partial charge in [0.1, 0.15) is 11.2 Å². The van der Waals surface area contributed by atoms with Crippen molar-refractivity contribution in [3.63, 3.8) is 0 Å². The molecule has 0 saturated heterocycles. The zero-order valence-corrected chi connectivity index (χ0v) is 17.2. The maximum Gasteiger partial charge on any atom is 0.264 e. The lowest BCUT2D eigenvalue weighted by atomic mass is 10.2. The summed E-state index contributed by atoms with van der Waals surface area (Å²) in [5.74, 6) is 0.395. The molecule has 0 spiro atoms. The van der Waals surface area contributed by atoms with Crippen molar-refractivity contribution in [2.45, 2.75) is 33.7 Å². The van der Waals surface area contributed by atoms with Crippen LogP contribution in [-0.4, -0.2) is 25.2 Å². The molecule has 0 fully saturated rings. The second kappa shape index (κ2) is 7.94. The number of nitrogens with zero attached hydrogens (tertiary/aromatic N) is 4. The number of fused-ring (bicyclic) bond motifs is 1. The molecule has 4 rings (SSSR count). The molecule has 152 valence electrons. The van der Waals surface area contributed by atoms with E-state index in [1.807, 2.05) is 62.4 Å². The summed E-state index contributed by atoms with van der Waals surface area (Å²) in [5, 5.41) is 7.66. The lowest BCUT2D eigenvalue weighted by molar-refractivity contribution is -0.116. The summed E-state index contributed by atoms with van der Waals surface area (Å²) in [6.07, 6.45) is 1.71. The first-order valence-corrected chi connectivity index (χ1v) is 9.81. The van der Waals surface area contributed by atoms with E-state index in [2.05, 4.69) is 15.4 Å². The van der Waals surface area contributed by atoms with Crippen LogP contribution in [-0.2, 0) is 11.3 Å². The van der Waals surface area contributed by atoms with Crippen LogP contribution in [0.2, 0.25) is 0 Å². The molecule has 7 nitrogen and oxygen atoms in total. The molecule has 2 heterocycles. The van der Waals surface area contributed by atoms with Crippen LogP contribution in [0.15, 0.2) is 59.5 Å². The fraction of sp³-hybridized carbons (Fsp3) is 0.217. The SMILES string of the molecule is Cc1ccc(-n2ncc3c(=O)n(CCC(=O)Nc4cccc(C)c4)c(C)nc32)cc1. The normalized spacial score (nSPS) is 11.0. The summed E-state index contributed by atoms with van der Waals surface area (Å²) in [4.78, 5) is 29.9. The second-order valence-electron chi connectivity index (χ2n) is 7.41. The fourth-order valence-electron chi connectivity index (χ4n) is 3.40. The molecule has 0 aliphatic heterocycles. The van der Waals surface area contributed by atoms with Crippen molar-refractivity contribution in [2.75, 3.05) is 5.32 Å². The third-order valence-electron chi connectivity index (χ3n) is 5.02. The molecule has 2 aromatic heterocycles. The topological polar surface area (TPSA) is 81.8 Å². The standard InChI is InChI=1S/C23H23N5O2/c1-15-7-9-19(10-8-15)28-22-20(14-24-28)23(30)27(17(3)25-22)12-11-21(29)26-18-6-4-5-16(2)13-18/h4-10,13-14H,11-12H2,1-3H3,(H,26,29). The van der Waals surface area contributed by atoms with E-state index in [9.17, 15) is 9.59 Å². The average Bonchev–Trinajstić information content (AvgIpc) is 3.12. The largest absolute Gasteiger partial charge is 0.326 e. The molecule has 0 radical (unpaired) electrons. The monoisotopic (exact) mass is 401 g/mol. The van der Waals surface area contributed by atoms with Gasteiger partial charge in [-0.3, -0.25) is 14.2 Å². The maximum atomic E-state index is 13.0. The molecule has 0 bridgehead atoms. The van der Waals surface area contributed by atoms with Crippen molar-refractivity contribution < 1.29 is 4.79 Å². The third-order valence-corrected chi connectivity index (χ3v) is 5.02. The van der Waals surface area contributed by atoms with Crippen molar-refractivity contribution in [1.29, 1.82) is 0 Å². The molecular formula is C23H23N5O2. The summed E-state index contributed by atoms with van der Waals surface area (Å²) in [7, 11) is 0. The van der Waals surface area contributed by atoms with Crippen molar-refractivity contribution in [1.82, 2.24) is 19.3 Å². The van der Waals surface area contributed by atoms with Gasteiger partial charge in [-0.05, 0) is 50.6 Å². The van der Waals surface area contributed by atoms with E-state index in [1.165, 1.54) is 10.8 Å². The van der Waals surface area contributed by atoms with Crippen LogP contribution in [0.25, 0.3) is 16.7 Å². The van der Waals surface area contributed by atoms with Gasteiger partial charge in [-0.1, -0.05) is 29.8 Å². The Kier molecular flexibility index (Phi) is 5.18. The first-order valence-electron chi connectivity index (χ1n) is 9.81. The Morgan fingerprint density at radius 2 is 1.80 bits per heavy atom. The van der Waals surface area contributed by atoms with Gasteiger partial charge in [0.15, 0.2) is 5.65 Å². The zero-order valence-electron chi connectivity index (χ0n) is 17.2. The zero-order chi connectivity index (χ0) is 21.3. The van der Waals surface area contributed by atoms with Crippen molar-refractivity contribution in [3.8, 4) is 5.69 Å². The minimum absolute atomic E-state index is 0.151. The van der Waals surface area contributed by atoms with Gasteiger partial charge in [-0.25, -0.2) is 9.67 Å². The lowest BCUT2D eigenvalue weighted by Gasteiger charge is -2.11. The molecule has 2 aromatic carbocycles. The highest BCUT2D eigenvalue weighted by Crippen LogP contribution is 2.15. The van der Waals surface area contributed by atoms with Crippen LogP contribution in [0.4, 0.5) is 5.69 Å². The van der Waals surface area contributed by atoms with Gasteiger partial charge >= 0.3 is 0 Å². The minimum atomic E-state index is -0.195. The smallest absolute Gasteiger partial charge is 0.264 e. The first-order chi connectivity index (χ1) is 14.4. The molecule has 0 aliphatic rings. The highest BCUT2D eigenvalue weighted by atomic mass is 16.2. The van der Waals surface area contributed by atoms with Gasteiger partial charge in [0.25, 0.3) is 5.56 Å². The molecule has 0 unspecified atom stereocenters. The highest BCUT2D eigenvalue weighted by Gasteiger charge is 2.15. The van der Waals surface area contributed by atoms with Gasteiger partial charge in [-0.15, -0.1) is 0 Å². The molecule has 1 N–H and O–H groups in total. The Balaban J connectivity index is 1.57. The molecule has 0 atom stereocenters. The van der Waals surface area contributed by atoms with Gasteiger partial charge in [0, 0.05) is 18.7 Å². The van der Waals surface area contributed by atoms with E-state index < -0.39 is 0 Å². The summed E-state index contributed by atoms with van der Waals surface area (Å²) < 4.78 is 3.19. The molecule has 30 heavy (non-hydrogen) atoms. The third kappa shape index (κ3) is 3.87. The van der Waals surface area contributed by atoms with Crippen molar-refractivity contribution in [2.24, 2.45) is 0 Å². The second-order valence-corrected chi connectivity index (χ2v) is 7.41. The predicted molar refractivity (Wildman–Crippen MR) is 117 cm³/mol. The number of rotatable bonds is 5. The number of hydrogen-bond acceptors (Lipinski definition) is 4. The quantitative estimate of drug-likeness (QED) is 0.555. The van der Waals surface area contributed by atoms with E-state index in [0.717, 1.165) is 22.5 Å². The van der Waals surface area contributed by atoms with E-state index in [-0.39, 0.29) is 24.4 Å². The Morgan fingerprint density at radius 1 is 1.03 bits per heavy atom. The van der Waals surface area contributed by atoms with E-state index in [1.54, 1.807) is 11.6 Å². The number of hydrogen-bond donors (Lipinski definition) is 1. The number of aryl methyl sites for hydroxylation is 3. The Hall–Kier alpha value is -3.74. The molecule has 4 aromatic rings. The predicted octanol–water partition coefficient (Wildman–Crippen LogP) is 3.54. The summed E-state index contributed by atoms with van der Waals surface area (Å²) >= 11 is 0. The molecule has 0 saturated carbocycles. The number of nitrogens with one attached hydrogen (secondary N) is 1. The molecule has 0 aliphatic carbocycles. The van der Waals surface area contributed by atoms with Gasteiger partial charge in [-0.2, -0.15) is 5.10 Å². The minimum Gasteiger partial charge on any atom is -0.326 e. The first kappa shape index (κ1) is 19.6. The van der Waals surface area contributed by atoms with E-state index in [4.69, 9.17) is 0 Å². The van der Waals surface area contributed by atoms with Crippen LogP contribution in [0.5, 0.6) is 0 Å². The summed E-state index contributed by atoms with van der Waals surface area (Å²) in [6, 6.07) is 15.5. The van der Waals surface area contributed by atoms with Gasteiger partial charge in [0.05, 0.1) is 11.9 Å². The van der Waals surface area contributed by atoms with Crippen LogP contribution >= 0.6 is 0 Å². The highest BCUT2D eigenvalue weighted by molar-refractivity contribution is 5.90. The fourth-order valence-corrected chi connectivity index (χ4v) is 3.40. The number of benzene rings is 2. The number of amides is 1. The molecule has 7 heteroatoms. The van der Waals surface area contributed by atoms with Crippen LogP contribution in [0.3, 0.4) is 0 Å². The Bertz CT molecular complexity index is 1290. The maximum absolute atomic E-state index is 13.0. The number of anilines is 1.